The minimum absolute atomic E-state index is 0.00109. The van der Waals surface area contributed by atoms with Crippen LogP contribution < -0.4 is 0 Å². The van der Waals surface area contributed by atoms with Crippen molar-refractivity contribution in [3.8, 4) is 0 Å². The second kappa shape index (κ2) is 7.38. The SMILES string of the molecule is O=C(c1cncs1)N1CCC2(CCCN(Cc3ccccc3F)C2=O)CC1. The van der Waals surface area contributed by atoms with Gasteiger partial charge in [0.25, 0.3) is 5.91 Å². The van der Waals surface area contributed by atoms with E-state index in [4.69, 9.17) is 0 Å². The highest BCUT2D eigenvalue weighted by Crippen LogP contribution is 2.41. The Kier molecular flexibility index (Phi) is 4.95. The number of aromatic nitrogens is 1. The molecule has 0 N–H and O–H groups in total. The molecule has 7 heteroatoms. The third kappa shape index (κ3) is 3.48. The van der Waals surface area contributed by atoms with E-state index in [1.807, 2.05) is 4.90 Å². The Hall–Kier alpha value is -2.28. The largest absolute Gasteiger partial charge is 0.338 e. The predicted octanol–water partition coefficient (Wildman–Crippen LogP) is 3.33. The van der Waals surface area contributed by atoms with Crippen LogP contribution in [0, 0.1) is 11.2 Å². The van der Waals surface area contributed by atoms with Crippen LogP contribution in [0.25, 0.3) is 0 Å². The number of rotatable bonds is 3. The Morgan fingerprint density at radius 3 is 2.67 bits per heavy atom. The van der Waals surface area contributed by atoms with Crippen LogP contribution in [-0.2, 0) is 11.3 Å². The first-order valence-electron chi connectivity index (χ1n) is 9.30. The molecule has 2 aliphatic heterocycles. The van der Waals surface area contributed by atoms with Gasteiger partial charge in [0.2, 0.25) is 5.91 Å². The van der Waals surface area contributed by atoms with Crippen molar-refractivity contribution >= 4 is 23.2 Å². The summed E-state index contributed by atoms with van der Waals surface area (Å²) in [6, 6.07) is 6.63. The van der Waals surface area contributed by atoms with E-state index >= 15 is 0 Å². The smallest absolute Gasteiger partial charge is 0.265 e. The number of carbonyl (C=O) groups excluding carboxylic acids is 2. The van der Waals surface area contributed by atoms with Crippen LogP contribution >= 0.6 is 11.3 Å². The van der Waals surface area contributed by atoms with Gasteiger partial charge in [0, 0.05) is 31.7 Å². The van der Waals surface area contributed by atoms with Gasteiger partial charge in [-0.1, -0.05) is 18.2 Å². The number of carbonyl (C=O) groups is 2. The maximum atomic E-state index is 14.0. The molecule has 4 rings (SSSR count). The number of amides is 2. The highest BCUT2D eigenvalue weighted by molar-refractivity contribution is 7.11. The van der Waals surface area contributed by atoms with E-state index in [9.17, 15) is 14.0 Å². The van der Waals surface area contributed by atoms with Crippen molar-refractivity contribution in [3.05, 3.63) is 52.2 Å². The predicted molar refractivity (Wildman–Crippen MR) is 101 cm³/mol. The summed E-state index contributed by atoms with van der Waals surface area (Å²) < 4.78 is 14.0. The summed E-state index contributed by atoms with van der Waals surface area (Å²) in [7, 11) is 0. The summed E-state index contributed by atoms with van der Waals surface area (Å²) in [6.07, 6.45) is 4.71. The van der Waals surface area contributed by atoms with Gasteiger partial charge >= 0.3 is 0 Å². The number of likely N-dealkylation sites (tertiary alicyclic amines) is 2. The average Bonchev–Trinajstić information content (AvgIpc) is 3.22. The first-order chi connectivity index (χ1) is 13.1. The van der Waals surface area contributed by atoms with Crippen molar-refractivity contribution in [2.24, 2.45) is 5.41 Å². The number of hydrogen-bond donors (Lipinski definition) is 0. The fourth-order valence-electron chi connectivity index (χ4n) is 4.21. The van der Waals surface area contributed by atoms with Crippen LogP contribution in [0.1, 0.15) is 40.9 Å². The summed E-state index contributed by atoms with van der Waals surface area (Å²) in [6.45, 7) is 2.14. The molecule has 0 unspecified atom stereocenters. The maximum absolute atomic E-state index is 14.0. The molecular formula is C20H22FN3O2S. The fourth-order valence-corrected chi connectivity index (χ4v) is 4.80. The molecule has 5 nitrogen and oxygen atoms in total. The highest BCUT2D eigenvalue weighted by Gasteiger charge is 2.46. The Morgan fingerprint density at radius 2 is 1.96 bits per heavy atom. The molecule has 1 spiro atoms. The maximum Gasteiger partial charge on any atom is 0.265 e. The van der Waals surface area contributed by atoms with E-state index in [0.29, 0.717) is 49.5 Å². The van der Waals surface area contributed by atoms with Gasteiger partial charge in [0.15, 0.2) is 0 Å². The number of thiazole rings is 1. The summed E-state index contributed by atoms with van der Waals surface area (Å²) >= 11 is 1.34. The lowest BCUT2D eigenvalue weighted by Crippen LogP contribution is -2.54. The Morgan fingerprint density at radius 1 is 1.19 bits per heavy atom. The second-order valence-corrected chi connectivity index (χ2v) is 8.25. The molecule has 2 aromatic rings. The van der Waals surface area contributed by atoms with Crippen LogP contribution in [0.15, 0.2) is 36.0 Å². The Balaban J connectivity index is 1.44. The van der Waals surface area contributed by atoms with Crippen molar-refractivity contribution in [3.63, 3.8) is 0 Å². The minimum Gasteiger partial charge on any atom is -0.338 e. The third-order valence-corrected chi connectivity index (χ3v) is 6.56. The van der Waals surface area contributed by atoms with Crippen LogP contribution in [0.3, 0.4) is 0 Å². The summed E-state index contributed by atoms with van der Waals surface area (Å²) in [4.78, 5) is 34.0. The molecule has 0 bridgehead atoms. The van der Waals surface area contributed by atoms with E-state index in [1.54, 1.807) is 34.8 Å². The average molecular weight is 387 g/mol. The molecule has 1 aromatic carbocycles. The van der Waals surface area contributed by atoms with Crippen molar-refractivity contribution in [1.82, 2.24) is 14.8 Å². The van der Waals surface area contributed by atoms with E-state index in [2.05, 4.69) is 4.98 Å². The van der Waals surface area contributed by atoms with Gasteiger partial charge in [-0.3, -0.25) is 14.6 Å². The molecule has 27 heavy (non-hydrogen) atoms. The van der Waals surface area contributed by atoms with Gasteiger partial charge in [-0.05, 0) is 31.7 Å². The van der Waals surface area contributed by atoms with Crippen molar-refractivity contribution < 1.29 is 14.0 Å². The molecule has 0 atom stereocenters. The standard InChI is InChI=1S/C20H22FN3O2S/c21-16-5-2-1-4-15(16)13-24-9-3-6-20(19(24)26)7-10-23(11-8-20)18(25)17-12-22-14-27-17/h1-2,4-5,12,14H,3,6-11,13H2. The van der Waals surface area contributed by atoms with E-state index in [0.717, 1.165) is 12.8 Å². The van der Waals surface area contributed by atoms with Crippen molar-refractivity contribution in [2.75, 3.05) is 19.6 Å². The van der Waals surface area contributed by atoms with Gasteiger partial charge in [0.1, 0.15) is 10.7 Å². The molecule has 2 fully saturated rings. The van der Waals surface area contributed by atoms with E-state index < -0.39 is 5.41 Å². The third-order valence-electron chi connectivity index (χ3n) is 5.79. The zero-order chi connectivity index (χ0) is 18.9. The number of benzene rings is 1. The lowest BCUT2D eigenvalue weighted by Gasteiger charge is -2.46. The summed E-state index contributed by atoms with van der Waals surface area (Å²) in [5.74, 6) is -0.157. The van der Waals surface area contributed by atoms with E-state index in [1.165, 1.54) is 17.4 Å². The highest BCUT2D eigenvalue weighted by atomic mass is 32.1. The minimum atomic E-state index is -0.409. The normalized spacial score (nSPS) is 19.5. The molecule has 2 saturated heterocycles. The number of halogens is 1. The van der Waals surface area contributed by atoms with Crippen LogP contribution in [0.2, 0.25) is 0 Å². The molecule has 142 valence electrons. The van der Waals surface area contributed by atoms with Gasteiger partial charge in [-0.15, -0.1) is 11.3 Å². The van der Waals surface area contributed by atoms with Crippen LogP contribution in [0.4, 0.5) is 4.39 Å². The number of nitrogens with zero attached hydrogens (tertiary/aromatic N) is 3. The van der Waals surface area contributed by atoms with Crippen molar-refractivity contribution in [2.45, 2.75) is 32.2 Å². The van der Waals surface area contributed by atoms with Crippen LogP contribution in [-0.4, -0.2) is 46.2 Å². The topological polar surface area (TPSA) is 53.5 Å². The molecule has 0 aliphatic carbocycles. The van der Waals surface area contributed by atoms with Crippen LogP contribution in [0.5, 0.6) is 0 Å². The summed E-state index contributed by atoms with van der Waals surface area (Å²) in [5.41, 5.74) is 1.80. The molecule has 2 aliphatic rings. The van der Waals surface area contributed by atoms with Gasteiger partial charge < -0.3 is 9.80 Å². The monoisotopic (exact) mass is 387 g/mol. The van der Waals surface area contributed by atoms with Crippen molar-refractivity contribution in [1.29, 1.82) is 0 Å². The van der Waals surface area contributed by atoms with E-state index in [-0.39, 0.29) is 17.6 Å². The van der Waals surface area contributed by atoms with Gasteiger partial charge in [0.05, 0.1) is 17.1 Å². The Bertz CT molecular complexity index is 832. The Labute approximate surface area is 161 Å². The van der Waals surface area contributed by atoms with Gasteiger partial charge in [-0.2, -0.15) is 0 Å². The second-order valence-electron chi connectivity index (χ2n) is 7.36. The number of piperidine rings is 2. The molecule has 1 aromatic heterocycles. The quantitative estimate of drug-likeness (QED) is 0.812. The molecule has 0 radical (unpaired) electrons. The fraction of sp³-hybridized carbons (Fsp3) is 0.450. The number of hydrogen-bond acceptors (Lipinski definition) is 4. The first kappa shape index (κ1) is 18.1. The molecule has 0 saturated carbocycles. The first-order valence-corrected chi connectivity index (χ1v) is 10.2. The van der Waals surface area contributed by atoms with Gasteiger partial charge in [-0.25, -0.2) is 4.39 Å². The molecule has 2 amide bonds. The molecular weight excluding hydrogens is 365 g/mol. The lowest BCUT2D eigenvalue weighted by atomic mass is 9.71. The zero-order valence-corrected chi connectivity index (χ0v) is 15.9. The summed E-state index contributed by atoms with van der Waals surface area (Å²) in [5, 5.41) is 0. The zero-order valence-electron chi connectivity index (χ0n) is 15.1. The lowest BCUT2D eigenvalue weighted by molar-refractivity contribution is -0.150. The molecule has 3 heterocycles.